The number of thiazole rings is 1. The van der Waals surface area contributed by atoms with Crippen LogP contribution in [0.3, 0.4) is 0 Å². The van der Waals surface area contributed by atoms with Crippen molar-refractivity contribution < 1.29 is 17.6 Å². The number of nitrogens with zero attached hydrogens (tertiary/aromatic N) is 1. The second-order valence-electron chi connectivity index (χ2n) is 4.69. The first-order valence-corrected chi connectivity index (χ1v) is 9.14. The highest BCUT2D eigenvalue weighted by Gasteiger charge is 2.14. The van der Waals surface area contributed by atoms with Gasteiger partial charge in [-0.1, -0.05) is 11.3 Å². The van der Waals surface area contributed by atoms with Crippen LogP contribution in [0.5, 0.6) is 0 Å². The zero-order chi connectivity index (χ0) is 17.2. The Labute approximate surface area is 142 Å². The van der Waals surface area contributed by atoms with E-state index in [1.807, 2.05) is 0 Å². The Morgan fingerprint density at radius 2 is 2.17 bits per heavy atom. The Morgan fingerprint density at radius 3 is 2.88 bits per heavy atom. The van der Waals surface area contributed by atoms with Crippen molar-refractivity contribution in [3.63, 3.8) is 0 Å². The highest BCUT2D eigenvalue weighted by atomic mass is 32.2. The number of amides is 1. The number of hydrogen-bond donors (Lipinski definition) is 2. The lowest BCUT2D eigenvalue weighted by molar-refractivity contribution is -0.111. The van der Waals surface area contributed by atoms with Crippen molar-refractivity contribution in [2.24, 2.45) is 0 Å². The molecule has 0 unspecified atom stereocenters. The van der Waals surface area contributed by atoms with Gasteiger partial charge < -0.3 is 4.42 Å². The number of carbonyl (C=O) groups is 1. The molecule has 2 heterocycles. The van der Waals surface area contributed by atoms with Crippen LogP contribution >= 0.6 is 11.3 Å². The molecule has 0 atom stereocenters. The van der Waals surface area contributed by atoms with Gasteiger partial charge in [0, 0.05) is 6.08 Å². The maximum absolute atomic E-state index is 11.9. The van der Waals surface area contributed by atoms with E-state index in [4.69, 9.17) is 4.42 Å². The van der Waals surface area contributed by atoms with Crippen LogP contribution in [0.1, 0.15) is 5.76 Å². The van der Waals surface area contributed by atoms with E-state index in [1.165, 1.54) is 42.9 Å². The van der Waals surface area contributed by atoms with Crippen molar-refractivity contribution in [1.82, 2.24) is 9.71 Å². The van der Waals surface area contributed by atoms with E-state index in [0.29, 0.717) is 21.1 Å². The normalized spacial score (nSPS) is 12.0. The molecule has 7 nitrogen and oxygen atoms in total. The van der Waals surface area contributed by atoms with Gasteiger partial charge >= 0.3 is 0 Å². The van der Waals surface area contributed by atoms with Gasteiger partial charge in [-0.05, 0) is 43.5 Å². The molecular weight excluding hydrogens is 350 g/mol. The van der Waals surface area contributed by atoms with Crippen molar-refractivity contribution in [2.45, 2.75) is 4.90 Å². The minimum Gasteiger partial charge on any atom is -0.465 e. The summed E-state index contributed by atoms with van der Waals surface area (Å²) in [6, 6.07) is 8.04. The molecule has 0 aliphatic rings. The summed E-state index contributed by atoms with van der Waals surface area (Å²) in [7, 11) is -2.17. The number of aromatic nitrogens is 1. The third-order valence-corrected chi connectivity index (χ3v) is 5.46. The fourth-order valence-corrected chi connectivity index (χ4v) is 3.67. The van der Waals surface area contributed by atoms with Crippen molar-refractivity contribution in [2.75, 3.05) is 12.4 Å². The monoisotopic (exact) mass is 363 g/mol. The first-order chi connectivity index (χ1) is 11.5. The third kappa shape index (κ3) is 3.53. The van der Waals surface area contributed by atoms with Gasteiger partial charge in [0.05, 0.1) is 21.4 Å². The van der Waals surface area contributed by atoms with E-state index in [9.17, 15) is 13.2 Å². The summed E-state index contributed by atoms with van der Waals surface area (Å²) in [5.74, 6) is 0.213. The first kappa shape index (κ1) is 16.4. The highest BCUT2D eigenvalue weighted by molar-refractivity contribution is 7.89. The van der Waals surface area contributed by atoms with Crippen LogP contribution in [0.25, 0.3) is 16.3 Å². The number of furan rings is 1. The van der Waals surface area contributed by atoms with Crippen molar-refractivity contribution in [3.05, 3.63) is 48.4 Å². The van der Waals surface area contributed by atoms with Crippen LogP contribution in [0.15, 0.2) is 52.0 Å². The predicted octanol–water partition coefficient (Wildman–Crippen LogP) is 2.45. The van der Waals surface area contributed by atoms with Gasteiger partial charge in [0.2, 0.25) is 15.9 Å². The Kier molecular flexibility index (Phi) is 4.47. The number of sulfonamides is 1. The zero-order valence-corrected chi connectivity index (χ0v) is 14.1. The van der Waals surface area contributed by atoms with Gasteiger partial charge in [-0.15, -0.1) is 0 Å². The van der Waals surface area contributed by atoms with Crippen LogP contribution < -0.4 is 10.0 Å². The van der Waals surface area contributed by atoms with E-state index < -0.39 is 10.0 Å². The summed E-state index contributed by atoms with van der Waals surface area (Å²) < 4.78 is 31.6. The topological polar surface area (TPSA) is 101 Å². The Bertz CT molecular complexity index is 1000. The largest absolute Gasteiger partial charge is 0.465 e. The van der Waals surface area contributed by atoms with Crippen LogP contribution in [0, 0.1) is 0 Å². The molecule has 0 bridgehead atoms. The molecule has 2 N–H and O–H groups in total. The molecule has 0 radical (unpaired) electrons. The third-order valence-electron chi connectivity index (χ3n) is 3.11. The standard InChI is InChI=1S/C15H13N3O4S2/c1-16-24(20,21)11-5-6-12-13(9-11)23-15(17-12)18-14(19)7-4-10-3-2-8-22-10/h2-9,16H,1H3,(H,17,18,19)/b7-4+. The molecule has 1 amide bonds. The summed E-state index contributed by atoms with van der Waals surface area (Å²) in [5, 5.41) is 3.03. The van der Waals surface area contributed by atoms with E-state index in [0.717, 1.165) is 0 Å². The molecule has 24 heavy (non-hydrogen) atoms. The van der Waals surface area contributed by atoms with Gasteiger partial charge in [-0.25, -0.2) is 18.1 Å². The van der Waals surface area contributed by atoms with E-state index in [1.54, 1.807) is 24.3 Å². The van der Waals surface area contributed by atoms with Crippen LogP contribution in [0.4, 0.5) is 5.13 Å². The molecule has 0 spiro atoms. The van der Waals surface area contributed by atoms with Gasteiger partial charge in [0.1, 0.15) is 5.76 Å². The Morgan fingerprint density at radius 1 is 1.33 bits per heavy atom. The minimum atomic E-state index is -3.52. The average Bonchev–Trinajstić information content (AvgIpc) is 3.21. The second-order valence-corrected chi connectivity index (χ2v) is 7.61. The molecule has 9 heteroatoms. The van der Waals surface area contributed by atoms with E-state index in [2.05, 4.69) is 15.0 Å². The Hall–Kier alpha value is -2.49. The lowest BCUT2D eigenvalue weighted by atomic mass is 10.3. The van der Waals surface area contributed by atoms with Gasteiger partial charge in [0.25, 0.3) is 0 Å². The second kappa shape index (κ2) is 6.56. The predicted molar refractivity (Wildman–Crippen MR) is 92.2 cm³/mol. The molecule has 0 aliphatic heterocycles. The van der Waals surface area contributed by atoms with Crippen LogP contribution in [-0.2, 0) is 14.8 Å². The van der Waals surface area contributed by atoms with Crippen molar-refractivity contribution in [1.29, 1.82) is 0 Å². The van der Waals surface area contributed by atoms with Crippen LogP contribution in [0.2, 0.25) is 0 Å². The SMILES string of the molecule is CNS(=O)(=O)c1ccc2nc(NC(=O)/C=C/c3ccco3)sc2c1. The molecule has 3 rings (SSSR count). The number of nitrogens with one attached hydrogen (secondary N) is 2. The number of benzene rings is 1. The zero-order valence-electron chi connectivity index (χ0n) is 12.5. The fourth-order valence-electron chi connectivity index (χ4n) is 1.93. The summed E-state index contributed by atoms with van der Waals surface area (Å²) in [6.07, 6.45) is 4.39. The molecule has 0 saturated heterocycles. The highest BCUT2D eigenvalue weighted by Crippen LogP contribution is 2.28. The van der Waals surface area contributed by atoms with Crippen LogP contribution in [-0.4, -0.2) is 26.4 Å². The summed E-state index contributed by atoms with van der Waals surface area (Å²) >= 11 is 1.20. The smallest absolute Gasteiger partial charge is 0.250 e. The molecule has 2 aromatic heterocycles. The molecule has 3 aromatic rings. The van der Waals surface area contributed by atoms with Crippen molar-refractivity contribution >= 4 is 48.7 Å². The quantitative estimate of drug-likeness (QED) is 0.678. The molecule has 0 saturated carbocycles. The minimum absolute atomic E-state index is 0.150. The number of carbonyl (C=O) groups excluding carboxylic acids is 1. The summed E-state index contributed by atoms with van der Waals surface area (Å²) in [4.78, 5) is 16.3. The molecular formula is C15H13N3O4S2. The lowest BCUT2D eigenvalue weighted by Gasteiger charge is -2.00. The summed E-state index contributed by atoms with van der Waals surface area (Å²) in [5.41, 5.74) is 0.611. The maximum Gasteiger partial charge on any atom is 0.250 e. The first-order valence-electron chi connectivity index (χ1n) is 6.85. The number of anilines is 1. The lowest BCUT2D eigenvalue weighted by Crippen LogP contribution is -2.18. The van der Waals surface area contributed by atoms with Gasteiger partial charge in [-0.2, -0.15) is 0 Å². The molecule has 1 aromatic carbocycles. The maximum atomic E-state index is 11.9. The van der Waals surface area contributed by atoms with E-state index in [-0.39, 0.29) is 10.8 Å². The Balaban J connectivity index is 1.79. The number of hydrogen-bond acceptors (Lipinski definition) is 6. The summed E-state index contributed by atoms with van der Waals surface area (Å²) in [6.45, 7) is 0. The fraction of sp³-hybridized carbons (Fsp3) is 0.0667. The number of rotatable bonds is 5. The number of fused-ring (bicyclic) bond motifs is 1. The van der Waals surface area contributed by atoms with Gasteiger partial charge in [-0.3, -0.25) is 10.1 Å². The van der Waals surface area contributed by atoms with Crippen molar-refractivity contribution in [3.8, 4) is 0 Å². The van der Waals surface area contributed by atoms with Gasteiger partial charge in [0.15, 0.2) is 5.13 Å². The molecule has 124 valence electrons. The average molecular weight is 363 g/mol. The molecule has 0 fully saturated rings. The van der Waals surface area contributed by atoms with E-state index >= 15 is 0 Å². The molecule has 0 aliphatic carbocycles.